The van der Waals surface area contributed by atoms with Crippen LogP contribution in [-0.2, 0) is 31.0 Å². The Kier molecular flexibility index (Phi) is 21.6. The van der Waals surface area contributed by atoms with E-state index in [1.807, 2.05) is 0 Å². The topological polar surface area (TPSA) is 59.7 Å². The third kappa shape index (κ3) is 15.4. The summed E-state index contributed by atoms with van der Waals surface area (Å²) in [5.74, 6) is 0. The first-order valence-corrected chi connectivity index (χ1v) is 5.58. The Morgan fingerprint density at radius 2 is 1.36 bits per heavy atom. The average Bonchev–Trinajstić information content (AvgIpc) is 3.24. The molecule has 0 aliphatic heterocycles. The van der Waals surface area contributed by atoms with Crippen molar-refractivity contribution < 1.29 is 48.3 Å². The van der Waals surface area contributed by atoms with Crippen LogP contribution in [0.1, 0.15) is 26.2 Å². The van der Waals surface area contributed by atoms with Crippen LogP contribution in [0.2, 0.25) is 0 Å². The molecule has 0 amide bonds. The molecule has 0 N–H and O–H groups in total. The smallest absolute Gasteiger partial charge is 0 e. The zero-order valence-electron chi connectivity index (χ0n) is 11.6. The van der Waals surface area contributed by atoms with Crippen molar-refractivity contribution in [2.75, 3.05) is 0 Å². The minimum atomic E-state index is -6.00. The van der Waals surface area contributed by atoms with E-state index in [1.54, 1.807) is 5.57 Å². The van der Waals surface area contributed by atoms with Crippen molar-refractivity contribution in [3.05, 3.63) is 50.2 Å². The second-order valence-corrected chi connectivity index (χ2v) is 3.75. The van der Waals surface area contributed by atoms with Crippen LogP contribution in [-0.4, -0.2) is 7.25 Å². The van der Waals surface area contributed by atoms with Gasteiger partial charge in [-0.2, -0.15) is 0 Å². The van der Waals surface area contributed by atoms with E-state index in [9.17, 15) is 17.3 Å². The molecule has 1 fully saturated rings. The molecule has 9 heteroatoms. The van der Waals surface area contributed by atoms with E-state index < -0.39 is 7.25 Å². The Hall–Kier alpha value is -0.996. The molecule has 1 radical (unpaired) electrons. The van der Waals surface area contributed by atoms with Crippen LogP contribution >= 0.6 is 0 Å². The van der Waals surface area contributed by atoms with Gasteiger partial charge in [-0.15, -0.1) is 0 Å². The van der Waals surface area contributed by atoms with Crippen molar-refractivity contribution >= 4 is 7.25 Å². The minimum Gasteiger partial charge on any atom is 0 e. The molecule has 2 rings (SSSR count). The zero-order valence-corrected chi connectivity index (χ0v) is 12.7. The van der Waals surface area contributed by atoms with Gasteiger partial charge in [0.1, 0.15) is 0 Å². The summed E-state index contributed by atoms with van der Waals surface area (Å²) in [6.45, 7) is 15.7. The van der Waals surface area contributed by atoms with Gasteiger partial charge in [0.15, 0.2) is 0 Å². The fraction of sp³-hybridized carbons (Fsp3) is 0.385. The minimum absolute atomic E-state index is 0. The normalized spacial score (nSPS) is 15.1. The van der Waals surface area contributed by atoms with Crippen LogP contribution in [0.25, 0.3) is 0 Å². The first kappa shape index (κ1) is 29.1. The number of rotatable bonds is 1. The molecule has 0 aromatic heterocycles. The summed E-state index contributed by atoms with van der Waals surface area (Å²) in [7, 11) is -6.00. The molecule has 2 aliphatic carbocycles. The van der Waals surface area contributed by atoms with E-state index in [1.165, 1.54) is 19.3 Å². The van der Waals surface area contributed by atoms with Crippen molar-refractivity contribution in [2.45, 2.75) is 26.2 Å². The molecular weight excluding hydrogens is 347 g/mol. The molecule has 0 aromatic rings. The third-order valence-electron chi connectivity index (χ3n) is 2.63. The average molecular weight is 360 g/mol. The Morgan fingerprint density at radius 3 is 1.59 bits per heavy atom. The molecule has 123 valence electrons. The van der Waals surface area contributed by atoms with Gasteiger partial charge >= 0.3 is 41.2 Å². The van der Waals surface area contributed by atoms with E-state index >= 15 is 0 Å². The Morgan fingerprint density at radius 1 is 1.00 bits per heavy atom. The molecule has 0 saturated heterocycles. The van der Waals surface area contributed by atoms with Crippen LogP contribution in [0, 0.1) is 31.8 Å². The summed E-state index contributed by atoms with van der Waals surface area (Å²) in [5, 5.41) is 0. The third-order valence-corrected chi connectivity index (χ3v) is 2.63. The van der Waals surface area contributed by atoms with Gasteiger partial charge < -0.3 is 17.3 Å². The van der Waals surface area contributed by atoms with Gasteiger partial charge in [0.05, 0.1) is 0 Å². The molecule has 0 atom stereocenters. The van der Waals surface area contributed by atoms with E-state index in [0.29, 0.717) is 5.41 Å². The molecular formula is C13H13BF4FeO3-. The molecule has 22 heavy (non-hydrogen) atoms. The summed E-state index contributed by atoms with van der Waals surface area (Å²) in [6, 6.07) is 0. The second kappa shape index (κ2) is 16.4. The van der Waals surface area contributed by atoms with E-state index in [-0.39, 0.29) is 17.1 Å². The fourth-order valence-corrected chi connectivity index (χ4v) is 1.78. The molecule has 0 unspecified atom stereocenters. The van der Waals surface area contributed by atoms with Crippen molar-refractivity contribution in [1.29, 1.82) is 0 Å². The van der Waals surface area contributed by atoms with Gasteiger partial charge in [-0.05, 0) is 31.1 Å². The predicted molar refractivity (Wildman–Crippen MR) is 65.5 cm³/mol. The van der Waals surface area contributed by atoms with Gasteiger partial charge in [0.2, 0.25) is 0 Å². The molecule has 1 spiro atoms. The van der Waals surface area contributed by atoms with Crippen molar-refractivity contribution in [2.24, 2.45) is 5.41 Å². The monoisotopic (exact) mass is 360 g/mol. The standard InChI is InChI=1S/C10H13.3CO.BF4.Fe/c1-2-9-5-3-4-6-10(9)7-8-10;3*1-2;2-1(3,4)5;/h3-6H,2,7-8H2,1H3;;;;;/q;;;;-1;. The molecule has 0 aromatic carbocycles. The number of hydrogen-bond donors (Lipinski definition) is 0. The fourth-order valence-electron chi connectivity index (χ4n) is 1.78. The summed E-state index contributed by atoms with van der Waals surface area (Å²) < 4.78 is 61.5. The number of halogens is 4. The quantitative estimate of drug-likeness (QED) is 0.293. The summed E-state index contributed by atoms with van der Waals surface area (Å²) in [6.07, 6.45) is 13.0. The summed E-state index contributed by atoms with van der Waals surface area (Å²) in [5.41, 5.74) is 2.18. The molecule has 3 nitrogen and oxygen atoms in total. The Bertz CT molecular complexity index is 376. The second-order valence-electron chi connectivity index (χ2n) is 3.75. The predicted octanol–water partition coefficient (Wildman–Crippen LogP) is 4.06. The molecule has 2 aliphatic rings. The molecule has 0 bridgehead atoms. The first-order chi connectivity index (χ1) is 9.87. The van der Waals surface area contributed by atoms with Gasteiger partial charge in [0.25, 0.3) is 0 Å². The Labute approximate surface area is 138 Å². The number of hydrogen-bond acceptors (Lipinski definition) is 0. The van der Waals surface area contributed by atoms with Crippen LogP contribution in [0.5, 0.6) is 0 Å². The zero-order chi connectivity index (χ0) is 17.5. The number of allylic oxidation sites excluding steroid dienone is 4. The van der Waals surface area contributed by atoms with E-state index in [4.69, 9.17) is 14.0 Å². The van der Waals surface area contributed by atoms with Crippen LogP contribution < -0.4 is 0 Å². The van der Waals surface area contributed by atoms with Crippen molar-refractivity contribution in [3.8, 4) is 0 Å². The van der Waals surface area contributed by atoms with Crippen LogP contribution in [0.4, 0.5) is 17.3 Å². The summed E-state index contributed by atoms with van der Waals surface area (Å²) in [4.78, 5) is 0. The van der Waals surface area contributed by atoms with Gasteiger partial charge in [0, 0.05) is 17.1 Å². The SMILES string of the molecule is CCC1=CC=C[CH]C12CC2.F[B-](F)(F)F.[C-]#[O+].[C-]#[O+].[C-]#[O+].[Fe]. The van der Waals surface area contributed by atoms with Crippen LogP contribution in [0.3, 0.4) is 0 Å². The van der Waals surface area contributed by atoms with Gasteiger partial charge in [-0.1, -0.05) is 30.7 Å². The maximum absolute atomic E-state index is 9.75. The first-order valence-electron chi connectivity index (χ1n) is 5.58. The molecule has 0 heterocycles. The Balaban J connectivity index is -0.000000117. The van der Waals surface area contributed by atoms with Gasteiger partial charge in [-0.25, -0.2) is 0 Å². The maximum Gasteiger partial charge on any atom is 0 e. The van der Waals surface area contributed by atoms with Gasteiger partial charge in [-0.3, -0.25) is 0 Å². The van der Waals surface area contributed by atoms with Crippen molar-refractivity contribution in [3.63, 3.8) is 0 Å². The van der Waals surface area contributed by atoms with Crippen molar-refractivity contribution in [1.82, 2.24) is 0 Å². The largest absolute Gasteiger partial charge is 0 e. The summed E-state index contributed by atoms with van der Waals surface area (Å²) >= 11 is 0. The van der Waals surface area contributed by atoms with E-state index in [0.717, 1.165) is 0 Å². The molecule has 1 saturated carbocycles. The van der Waals surface area contributed by atoms with E-state index in [2.05, 4.69) is 51.5 Å². The maximum atomic E-state index is 9.75. The van der Waals surface area contributed by atoms with Crippen LogP contribution in [0.15, 0.2) is 23.8 Å².